The number of rotatable bonds is 5. The summed E-state index contributed by atoms with van der Waals surface area (Å²) in [5, 5.41) is 19.5. The van der Waals surface area contributed by atoms with Crippen LogP contribution in [0.25, 0.3) is 5.69 Å². The van der Waals surface area contributed by atoms with Gasteiger partial charge in [0.25, 0.3) is 11.6 Å². The second kappa shape index (κ2) is 7.55. The van der Waals surface area contributed by atoms with Crippen LogP contribution >= 0.6 is 11.6 Å². The molecule has 0 aliphatic heterocycles. The number of benzene rings is 2. The second-order valence-electron chi connectivity index (χ2n) is 6.00. The number of aromatic nitrogens is 3. The van der Waals surface area contributed by atoms with Gasteiger partial charge in [-0.15, -0.1) is 5.10 Å². The summed E-state index contributed by atoms with van der Waals surface area (Å²) in [7, 11) is 1.66. The molecule has 3 aromatic rings. The third-order valence-corrected chi connectivity index (χ3v) is 4.27. The first-order valence-electron chi connectivity index (χ1n) is 8.04. The van der Waals surface area contributed by atoms with E-state index in [0.29, 0.717) is 22.9 Å². The minimum atomic E-state index is -0.486. The first-order chi connectivity index (χ1) is 12.9. The van der Waals surface area contributed by atoms with Gasteiger partial charge in [-0.05, 0) is 30.7 Å². The van der Waals surface area contributed by atoms with Crippen LogP contribution in [0.15, 0.2) is 48.5 Å². The molecule has 8 nitrogen and oxygen atoms in total. The van der Waals surface area contributed by atoms with Gasteiger partial charge in [0.05, 0.1) is 16.3 Å². The van der Waals surface area contributed by atoms with Gasteiger partial charge in [0.15, 0.2) is 5.69 Å². The number of carbonyl (C=O) groups is 1. The number of hydrogen-bond donors (Lipinski definition) is 0. The van der Waals surface area contributed by atoms with Gasteiger partial charge >= 0.3 is 0 Å². The van der Waals surface area contributed by atoms with Crippen molar-refractivity contribution in [2.24, 2.45) is 0 Å². The molecule has 0 unspecified atom stereocenters. The zero-order valence-corrected chi connectivity index (χ0v) is 15.4. The summed E-state index contributed by atoms with van der Waals surface area (Å²) in [6.45, 7) is 2.06. The van der Waals surface area contributed by atoms with E-state index in [1.165, 1.54) is 21.7 Å². The van der Waals surface area contributed by atoms with Crippen LogP contribution in [0.5, 0.6) is 0 Å². The highest BCUT2D eigenvalue weighted by Gasteiger charge is 2.21. The summed E-state index contributed by atoms with van der Waals surface area (Å²) < 4.78 is 1.41. The van der Waals surface area contributed by atoms with E-state index in [9.17, 15) is 14.9 Å². The standard InChI is InChI=1S/C18H16ClN5O3/c1-12-17(18(25)22(2)11-13-5-3-6-14(19)9-13)20-21-23(12)15-7-4-8-16(10-15)24(26)27/h3-10H,11H2,1-2H3. The van der Waals surface area contributed by atoms with Crippen molar-refractivity contribution in [3.63, 3.8) is 0 Å². The predicted octanol–water partition coefficient (Wildman–Crippen LogP) is 3.41. The third-order valence-electron chi connectivity index (χ3n) is 4.04. The zero-order valence-electron chi connectivity index (χ0n) is 14.7. The van der Waals surface area contributed by atoms with Gasteiger partial charge in [-0.2, -0.15) is 0 Å². The highest BCUT2D eigenvalue weighted by molar-refractivity contribution is 6.30. The van der Waals surface area contributed by atoms with Crippen LogP contribution in [0.1, 0.15) is 21.7 Å². The molecule has 0 radical (unpaired) electrons. The van der Waals surface area contributed by atoms with Crippen LogP contribution < -0.4 is 0 Å². The largest absolute Gasteiger partial charge is 0.336 e. The summed E-state index contributed by atoms with van der Waals surface area (Å²) in [4.78, 5) is 24.7. The molecule has 0 spiro atoms. The highest BCUT2D eigenvalue weighted by Crippen LogP contribution is 2.19. The van der Waals surface area contributed by atoms with Crippen LogP contribution in [0, 0.1) is 17.0 Å². The Bertz CT molecular complexity index is 1020. The van der Waals surface area contributed by atoms with Crippen molar-refractivity contribution in [1.82, 2.24) is 19.9 Å². The van der Waals surface area contributed by atoms with Crippen molar-refractivity contribution in [2.75, 3.05) is 7.05 Å². The van der Waals surface area contributed by atoms with Crippen LogP contribution in [-0.4, -0.2) is 37.8 Å². The van der Waals surface area contributed by atoms with Crippen molar-refractivity contribution in [2.45, 2.75) is 13.5 Å². The molecule has 1 amide bonds. The van der Waals surface area contributed by atoms with Crippen LogP contribution in [0.3, 0.4) is 0 Å². The Morgan fingerprint density at radius 2 is 2.00 bits per heavy atom. The SMILES string of the molecule is Cc1c(C(=O)N(C)Cc2cccc(Cl)c2)nnn1-c1cccc([N+](=O)[O-])c1. The average Bonchev–Trinajstić information content (AvgIpc) is 3.02. The highest BCUT2D eigenvalue weighted by atomic mass is 35.5. The number of hydrogen-bond acceptors (Lipinski definition) is 5. The maximum Gasteiger partial charge on any atom is 0.276 e. The molecule has 0 saturated carbocycles. The molecule has 27 heavy (non-hydrogen) atoms. The topological polar surface area (TPSA) is 94.2 Å². The van der Waals surface area contributed by atoms with Crippen molar-refractivity contribution < 1.29 is 9.72 Å². The van der Waals surface area contributed by atoms with Crippen molar-refractivity contribution in [1.29, 1.82) is 0 Å². The summed E-state index contributed by atoms with van der Waals surface area (Å²) in [5.74, 6) is -0.302. The summed E-state index contributed by atoms with van der Waals surface area (Å²) in [6, 6.07) is 13.2. The van der Waals surface area contributed by atoms with E-state index in [1.807, 2.05) is 12.1 Å². The van der Waals surface area contributed by atoms with Crippen LogP contribution in [0.2, 0.25) is 5.02 Å². The molecule has 0 aliphatic rings. The molecule has 0 fully saturated rings. The second-order valence-corrected chi connectivity index (χ2v) is 6.44. The number of amides is 1. The number of nitro benzene ring substituents is 1. The number of nitro groups is 1. The molecule has 0 N–H and O–H groups in total. The van der Waals surface area contributed by atoms with Gasteiger partial charge in [0, 0.05) is 30.7 Å². The minimum Gasteiger partial charge on any atom is -0.336 e. The molecule has 0 bridgehead atoms. The minimum absolute atomic E-state index is 0.0617. The Balaban J connectivity index is 1.85. The third kappa shape index (κ3) is 3.95. The van der Waals surface area contributed by atoms with Gasteiger partial charge in [0.2, 0.25) is 0 Å². The van der Waals surface area contributed by atoms with E-state index < -0.39 is 4.92 Å². The molecule has 138 valence electrons. The molecule has 9 heteroatoms. The molecular formula is C18H16ClN5O3. The summed E-state index contributed by atoms with van der Waals surface area (Å²) in [5.41, 5.74) is 1.98. The molecule has 0 saturated heterocycles. The predicted molar refractivity (Wildman–Crippen MR) is 100.0 cm³/mol. The van der Waals surface area contributed by atoms with Gasteiger partial charge < -0.3 is 4.90 Å². The maximum atomic E-state index is 12.7. The van der Waals surface area contributed by atoms with Crippen molar-refractivity contribution in [3.05, 3.63) is 80.6 Å². The fourth-order valence-electron chi connectivity index (χ4n) is 2.67. The molecule has 0 atom stereocenters. The maximum absolute atomic E-state index is 12.7. The first kappa shape index (κ1) is 18.5. The molecular weight excluding hydrogens is 370 g/mol. The lowest BCUT2D eigenvalue weighted by Gasteiger charge is -2.16. The van der Waals surface area contributed by atoms with E-state index in [2.05, 4.69) is 10.3 Å². The monoisotopic (exact) mass is 385 g/mol. The number of carbonyl (C=O) groups excluding carboxylic acids is 1. The molecule has 1 heterocycles. The lowest BCUT2D eigenvalue weighted by molar-refractivity contribution is -0.384. The number of nitrogens with zero attached hydrogens (tertiary/aromatic N) is 5. The number of non-ortho nitro benzene ring substituents is 1. The smallest absolute Gasteiger partial charge is 0.276 e. The Hall–Kier alpha value is -3.26. The average molecular weight is 386 g/mol. The van der Waals surface area contributed by atoms with Crippen molar-refractivity contribution >= 4 is 23.2 Å². The summed E-state index contributed by atoms with van der Waals surface area (Å²) >= 11 is 5.98. The number of halogens is 1. The summed E-state index contributed by atoms with van der Waals surface area (Å²) in [6.07, 6.45) is 0. The lowest BCUT2D eigenvalue weighted by Crippen LogP contribution is -2.27. The fraction of sp³-hybridized carbons (Fsp3) is 0.167. The Kier molecular flexibility index (Phi) is 5.18. The van der Waals surface area contributed by atoms with E-state index in [-0.39, 0.29) is 17.3 Å². The Morgan fingerprint density at radius 1 is 1.26 bits per heavy atom. The van der Waals surface area contributed by atoms with E-state index >= 15 is 0 Å². The lowest BCUT2D eigenvalue weighted by atomic mass is 10.2. The van der Waals surface area contributed by atoms with Gasteiger partial charge in [-0.3, -0.25) is 14.9 Å². The molecule has 2 aromatic carbocycles. The van der Waals surface area contributed by atoms with E-state index in [4.69, 9.17) is 11.6 Å². The molecule has 3 rings (SSSR count). The van der Waals surface area contributed by atoms with E-state index in [0.717, 1.165) is 5.56 Å². The Labute approximate surface area is 160 Å². The van der Waals surface area contributed by atoms with Crippen LogP contribution in [0.4, 0.5) is 5.69 Å². The van der Waals surface area contributed by atoms with E-state index in [1.54, 1.807) is 38.2 Å². The quantitative estimate of drug-likeness (QED) is 0.495. The van der Waals surface area contributed by atoms with Crippen molar-refractivity contribution in [3.8, 4) is 5.69 Å². The van der Waals surface area contributed by atoms with Gasteiger partial charge in [-0.1, -0.05) is 35.0 Å². The normalized spacial score (nSPS) is 10.6. The Morgan fingerprint density at radius 3 is 2.70 bits per heavy atom. The van der Waals surface area contributed by atoms with Gasteiger partial charge in [-0.25, -0.2) is 4.68 Å². The van der Waals surface area contributed by atoms with Crippen LogP contribution in [-0.2, 0) is 6.54 Å². The molecule has 0 aliphatic carbocycles. The van der Waals surface area contributed by atoms with Gasteiger partial charge in [0.1, 0.15) is 0 Å². The fourth-order valence-corrected chi connectivity index (χ4v) is 2.89. The molecule has 1 aromatic heterocycles. The first-order valence-corrected chi connectivity index (χ1v) is 8.41. The zero-order chi connectivity index (χ0) is 19.6.